The van der Waals surface area contributed by atoms with Gasteiger partial charge in [-0.3, -0.25) is 9.48 Å². The Balaban J connectivity index is 2.35. The largest absolute Gasteiger partial charge is 0.394 e. The summed E-state index contributed by atoms with van der Waals surface area (Å²) in [5.74, 6) is 1.02. The lowest BCUT2D eigenvalue weighted by atomic mass is 10.2. The van der Waals surface area contributed by atoms with Crippen LogP contribution in [0.4, 0.5) is 11.5 Å². The number of aryl methyl sites for hydroxylation is 2. The van der Waals surface area contributed by atoms with E-state index in [2.05, 4.69) is 10.00 Å². The number of nitrogens with zero attached hydrogens (tertiary/aromatic N) is 4. The average molecular weight is 265 g/mol. The third kappa shape index (κ3) is 2.27. The Labute approximate surface area is 114 Å². The predicted molar refractivity (Wildman–Crippen MR) is 76.1 cm³/mol. The zero-order valence-corrected chi connectivity index (χ0v) is 12.2. The summed E-state index contributed by atoms with van der Waals surface area (Å²) in [6, 6.07) is -0.114. The molecule has 6 heteroatoms. The Kier molecular flexibility index (Phi) is 3.68. The Bertz CT molecular complexity index is 480. The fourth-order valence-corrected chi connectivity index (χ4v) is 2.76. The van der Waals surface area contributed by atoms with Crippen molar-refractivity contribution < 1.29 is 4.79 Å². The predicted octanol–water partition coefficient (Wildman–Crippen LogP) is 0.622. The van der Waals surface area contributed by atoms with Gasteiger partial charge in [-0.1, -0.05) is 6.92 Å². The molecule has 0 aliphatic carbocycles. The first-order valence-corrected chi connectivity index (χ1v) is 6.76. The van der Waals surface area contributed by atoms with Crippen LogP contribution in [0.3, 0.4) is 0 Å². The summed E-state index contributed by atoms with van der Waals surface area (Å²) in [6.45, 7) is 2.89. The van der Waals surface area contributed by atoms with Gasteiger partial charge in [-0.15, -0.1) is 0 Å². The van der Waals surface area contributed by atoms with Gasteiger partial charge < -0.3 is 15.5 Å². The summed E-state index contributed by atoms with van der Waals surface area (Å²) in [7, 11) is 5.48. The molecule has 0 radical (unpaired) electrons. The molecule has 6 nitrogen and oxygen atoms in total. The van der Waals surface area contributed by atoms with E-state index in [9.17, 15) is 4.79 Å². The summed E-state index contributed by atoms with van der Waals surface area (Å²) >= 11 is 0. The molecule has 1 fully saturated rings. The zero-order chi connectivity index (χ0) is 14.2. The number of amides is 1. The molecule has 19 heavy (non-hydrogen) atoms. The number of nitrogen functional groups attached to an aromatic ring is 1. The number of rotatable bonds is 3. The Morgan fingerprint density at radius 1 is 1.53 bits per heavy atom. The summed E-state index contributed by atoms with van der Waals surface area (Å²) in [5.41, 5.74) is 7.80. The summed E-state index contributed by atoms with van der Waals surface area (Å²) < 4.78 is 1.80. The van der Waals surface area contributed by atoms with E-state index in [1.807, 2.05) is 14.0 Å². The van der Waals surface area contributed by atoms with E-state index >= 15 is 0 Å². The minimum absolute atomic E-state index is 0.114. The molecule has 2 heterocycles. The van der Waals surface area contributed by atoms with Gasteiger partial charge in [0.05, 0.1) is 11.4 Å². The number of hydrogen-bond acceptors (Lipinski definition) is 4. The van der Waals surface area contributed by atoms with Crippen molar-refractivity contribution in [3.8, 4) is 0 Å². The lowest BCUT2D eigenvalue weighted by Gasteiger charge is -2.28. The second-order valence-electron chi connectivity index (χ2n) is 5.25. The first-order chi connectivity index (χ1) is 8.97. The van der Waals surface area contributed by atoms with Crippen LogP contribution in [0.5, 0.6) is 0 Å². The monoisotopic (exact) mass is 265 g/mol. The standard InChI is InChI=1S/C13H23N5O/c1-5-9-11(14)12(17(4)15-9)18-8-6-7-10(18)13(19)16(2)3/h10H,5-8,14H2,1-4H3. The molecule has 0 bridgehead atoms. The molecule has 1 aromatic heterocycles. The Hall–Kier alpha value is -1.72. The Morgan fingerprint density at radius 2 is 2.21 bits per heavy atom. The van der Waals surface area contributed by atoms with Gasteiger partial charge in [0.25, 0.3) is 0 Å². The van der Waals surface area contributed by atoms with Crippen LogP contribution < -0.4 is 10.6 Å². The third-order valence-electron chi connectivity index (χ3n) is 3.71. The molecular weight excluding hydrogens is 242 g/mol. The van der Waals surface area contributed by atoms with Crippen molar-refractivity contribution in [1.82, 2.24) is 14.7 Å². The molecule has 1 unspecified atom stereocenters. The van der Waals surface area contributed by atoms with Crippen LogP contribution in [0.15, 0.2) is 0 Å². The maximum absolute atomic E-state index is 12.2. The van der Waals surface area contributed by atoms with Gasteiger partial charge in [-0.2, -0.15) is 5.10 Å². The fourth-order valence-electron chi connectivity index (χ4n) is 2.76. The van der Waals surface area contributed by atoms with Gasteiger partial charge in [-0.25, -0.2) is 0 Å². The van der Waals surface area contributed by atoms with Gasteiger partial charge in [0, 0.05) is 27.7 Å². The molecule has 1 saturated heterocycles. The SMILES string of the molecule is CCc1nn(C)c(N2CCCC2C(=O)N(C)C)c1N. The molecule has 0 saturated carbocycles. The van der Waals surface area contributed by atoms with Crippen LogP contribution in [0, 0.1) is 0 Å². The number of hydrogen-bond donors (Lipinski definition) is 1. The second-order valence-corrected chi connectivity index (χ2v) is 5.25. The van der Waals surface area contributed by atoms with Gasteiger partial charge >= 0.3 is 0 Å². The van der Waals surface area contributed by atoms with E-state index < -0.39 is 0 Å². The van der Waals surface area contributed by atoms with Crippen molar-refractivity contribution in [3.05, 3.63) is 5.69 Å². The van der Waals surface area contributed by atoms with E-state index in [0.29, 0.717) is 5.69 Å². The fraction of sp³-hybridized carbons (Fsp3) is 0.692. The molecule has 2 N–H and O–H groups in total. The van der Waals surface area contributed by atoms with E-state index in [0.717, 1.165) is 37.3 Å². The number of likely N-dealkylation sites (N-methyl/N-ethyl adjacent to an activating group) is 1. The van der Waals surface area contributed by atoms with E-state index in [1.165, 1.54) is 0 Å². The van der Waals surface area contributed by atoms with Crippen molar-refractivity contribution in [2.45, 2.75) is 32.2 Å². The van der Waals surface area contributed by atoms with Crippen LogP contribution in [-0.2, 0) is 18.3 Å². The molecule has 1 aliphatic heterocycles. The van der Waals surface area contributed by atoms with Crippen LogP contribution in [0.25, 0.3) is 0 Å². The minimum atomic E-state index is -0.114. The first-order valence-electron chi connectivity index (χ1n) is 6.76. The van der Waals surface area contributed by atoms with Gasteiger partial charge in [-0.05, 0) is 19.3 Å². The van der Waals surface area contributed by atoms with Crippen molar-refractivity contribution in [2.75, 3.05) is 31.3 Å². The molecule has 1 aliphatic rings. The van der Waals surface area contributed by atoms with Crippen LogP contribution in [0.2, 0.25) is 0 Å². The lowest BCUT2D eigenvalue weighted by Crippen LogP contribution is -2.43. The number of nitrogens with two attached hydrogens (primary N) is 1. The molecule has 1 atom stereocenters. The smallest absolute Gasteiger partial charge is 0.244 e. The van der Waals surface area contributed by atoms with Gasteiger partial charge in [0.15, 0.2) is 5.82 Å². The second kappa shape index (κ2) is 5.11. The van der Waals surface area contributed by atoms with Crippen molar-refractivity contribution in [1.29, 1.82) is 0 Å². The molecule has 1 amide bonds. The summed E-state index contributed by atoms with van der Waals surface area (Å²) in [4.78, 5) is 16.0. The van der Waals surface area contributed by atoms with Crippen molar-refractivity contribution in [2.24, 2.45) is 7.05 Å². The zero-order valence-electron chi connectivity index (χ0n) is 12.2. The molecule has 0 aromatic carbocycles. The maximum Gasteiger partial charge on any atom is 0.244 e. The summed E-state index contributed by atoms with van der Waals surface area (Å²) in [6.07, 6.45) is 2.69. The highest BCUT2D eigenvalue weighted by atomic mass is 16.2. The lowest BCUT2D eigenvalue weighted by molar-refractivity contribution is -0.129. The highest BCUT2D eigenvalue weighted by Gasteiger charge is 2.35. The molecule has 1 aromatic rings. The summed E-state index contributed by atoms with van der Waals surface area (Å²) in [5, 5.41) is 4.44. The van der Waals surface area contributed by atoms with E-state index in [-0.39, 0.29) is 11.9 Å². The molecule has 0 spiro atoms. The van der Waals surface area contributed by atoms with Crippen LogP contribution in [-0.4, -0.2) is 47.3 Å². The normalized spacial score (nSPS) is 18.9. The van der Waals surface area contributed by atoms with Crippen LogP contribution in [0.1, 0.15) is 25.5 Å². The highest BCUT2D eigenvalue weighted by Crippen LogP contribution is 2.32. The van der Waals surface area contributed by atoms with Crippen molar-refractivity contribution >= 4 is 17.4 Å². The van der Waals surface area contributed by atoms with Gasteiger partial charge in [0.1, 0.15) is 6.04 Å². The quantitative estimate of drug-likeness (QED) is 0.870. The van der Waals surface area contributed by atoms with E-state index in [4.69, 9.17) is 5.73 Å². The third-order valence-corrected chi connectivity index (χ3v) is 3.71. The number of carbonyl (C=O) groups is 1. The number of aromatic nitrogens is 2. The first kappa shape index (κ1) is 13.7. The highest BCUT2D eigenvalue weighted by molar-refractivity contribution is 5.86. The minimum Gasteiger partial charge on any atom is -0.394 e. The van der Waals surface area contributed by atoms with Gasteiger partial charge in [0.2, 0.25) is 5.91 Å². The topological polar surface area (TPSA) is 67.4 Å². The number of anilines is 2. The Morgan fingerprint density at radius 3 is 2.74 bits per heavy atom. The molecule has 2 rings (SSSR count). The van der Waals surface area contributed by atoms with Crippen LogP contribution >= 0.6 is 0 Å². The molecule has 106 valence electrons. The number of carbonyl (C=O) groups excluding carboxylic acids is 1. The van der Waals surface area contributed by atoms with E-state index in [1.54, 1.807) is 23.7 Å². The molecular formula is C13H23N5O. The van der Waals surface area contributed by atoms with Crippen molar-refractivity contribution in [3.63, 3.8) is 0 Å². The average Bonchev–Trinajstić information content (AvgIpc) is 2.92. The maximum atomic E-state index is 12.2.